The lowest BCUT2D eigenvalue weighted by Crippen LogP contribution is -2.24. The van der Waals surface area contributed by atoms with Crippen LogP contribution in [0.3, 0.4) is 0 Å². The smallest absolute Gasteiger partial charge is 0.319 e. The molecule has 0 bridgehead atoms. The number of aromatic amines is 1. The number of H-pyrrole nitrogens is 1. The molecule has 0 saturated heterocycles. The quantitative estimate of drug-likeness (QED) is 0.708. The van der Waals surface area contributed by atoms with Gasteiger partial charge in [0, 0.05) is 23.6 Å². The molecule has 1 unspecified atom stereocenters. The summed E-state index contributed by atoms with van der Waals surface area (Å²) in [4.78, 5) is 23.5. The Morgan fingerprint density at radius 2 is 1.96 bits per heavy atom. The van der Waals surface area contributed by atoms with Gasteiger partial charge in [0.15, 0.2) is 0 Å². The van der Waals surface area contributed by atoms with Gasteiger partial charge in [-0.05, 0) is 36.4 Å². The van der Waals surface area contributed by atoms with Crippen molar-refractivity contribution in [1.82, 2.24) is 15.0 Å². The van der Waals surface area contributed by atoms with E-state index in [0.717, 1.165) is 16.5 Å². The number of benzene rings is 1. The molecule has 1 aromatic carbocycles. The van der Waals surface area contributed by atoms with Crippen LogP contribution in [-0.2, 0) is 18.3 Å². The van der Waals surface area contributed by atoms with Crippen molar-refractivity contribution in [3.05, 3.63) is 57.5 Å². The molecule has 144 valence electrons. The Labute approximate surface area is 163 Å². The Morgan fingerprint density at radius 3 is 2.61 bits per heavy atom. The Bertz CT molecular complexity index is 1090. The van der Waals surface area contributed by atoms with Gasteiger partial charge in [0.25, 0.3) is 5.56 Å². The number of methoxy groups -OCH3 is 2. The maximum absolute atomic E-state index is 12.2. The molecule has 0 aliphatic heterocycles. The van der Waals surface area contributed by atoms with Crippen molar-refractivity contribution < 1.29 is 9.47 Å². The van der Waals surface area contributed by atoms with Crippen LogP contribution < -0.4 is 15.0 Å². The Kier molecular flexibility index (Phi) is 5.32. The van der Waals surface area contributed by atoms with Crippen molar-refractivity contribution in [1.29, 1.82) is 5.26 Å². The van der Waals surface area contributed by atoms with Crippen LogP contribution in [0.25, 0.3) is 10.9 Å². The van der Waals surface area contributed by atoms with Gasteiger partial charge in [-0.2, -0.15) is 15.2 Å². The topological polar surface area (TPSA) is 101 Å². The highest BCUT2D eigenvalue weighted by molar-refractivity contribution is 5.80. The maximum Gasteiger partial charge on any atom is 0.319 e. The van der Waals surface area contributed by atoms with Crippen LogP contribution in [0, 0.1) is 11.3 Å². The number of fused-ring (bicyclic) bond motifs is 1. The predicted molar refractivity (Wildman–Crippen MR) is 106 cm³/mol. The van der Waals surface area contributed by atoms with E-state index in [0.29, 0.717) is 29.9 Å². The minimum Gasteiger partial charge on any atom is -0.481 e. The Balaban J connectivity index is 2.04. The second-order valence-electron chi connectivity index (χ2n) is 6.79. The predicted octanol–water partition coefficient (Wildman–Crippen LogP) is 2.92. The van der Waals surface area contributed by atoms with E-state index >= 15 is 0 Å². The Hall–Kier alpha value is -3.40. The lowest BCUT2D eigenvalue weighted by atomic mass is 9.79. The molecule has 7 heteroatoms. The molecule has 1 atom stereocenters. The van der Waals surface area contributed by atoms with E-state index in [9.17, 15) is 10.1 Å². The first kappa shape index (κ1) is 19.4. The van der Waals surface area contributed by atoms with E-state index in [2.05, 4.69) is 21.0 Å². The molecule has 2 heterocycles. The molecule has 28 heavy (non-hydrogen) atoms. The highest BCUT2D eigenvalue weighted by Gasteiger charge is 2.29. The molecule has 0 aliphatic carbocycles. The number of nitriles is 1. The van der Waals surface area contributed by atoms with Gasteiger partial charge in [0.05, 0.1) is 31.4 Å². The summed E-state index contributed by atoms with van der Waals surface area (Å²) in [6.07, 6.45) is 1.00. The summed E-state index contributed by atoms with van der Waals surface area (Å²) in [7, 11) is 2.99. The molecular weight excluding hydrogens is 356 g/mol. The van der Waals surface area contributed by atoms with Crippen LogP contribution in [0.1, 0.15) is 30.7 Å². The zero-order chi connectivity index (χ0) is 20.3. The van der Waals surface area contributed by atoms with Crippen LogP contribution in [0.5, 0.6) is 11.9 Å². The summed E-state index contributed by atoms with van der Waals surface area (Å²) < 4.78 is 10.3. The first-order valence-electron chi connectivity index (χ1n) is 8.96. The third kappa shape index (κ3) is 3.67. The van der Waals surface area contributed by atoms with E-state index in [-0.39, 0.29) is 11.6 Å². The summed E-state index contributed by atoms with van der Waals surface area (Å²) in [5.74, 6) is 0.372. The molecule has 7 nitrogen and oxygen atoms in total. The minimum atomic E-state index is -0.862. The van der Waals surface area contributed by atoms with Gasteiger partial charge in [0.2, 0.25) is 5.88 Å². The van der Waals surface area contributed by atoms with Crippen LogP contribution in [0.15, 0.2) is 35.1 Å². The first-order chi connectivity index (χ1) is 13.4. The van der Waals surface area contributed by atoms with Crippen molar-refractivity contribution in [2.45, 2.75) is 32.1 Å². The number of hydrogen-bond donors (Lipinski definition) is 1. The highest BCUT2D eigenvalue weighted by atomic mass is 16.5. The van der Waals surface area contributed by atoms with Crippen molar-refractivity contribution >= 4 is 10.9 Å². The molecule has 0 radical (unpaired) electrons. The average molecular weight is 378 g/mol. The summed E-state index contributed by atoms with van der Waals surface area (Å²) in [5, 5.41) is 10.9. The summed E-state index contributed by atoms with van der Waals surface area (Å²) >= 11 is 0. The molecule has 0 saturated carbocycles. The first-order valence-corrected chi connectivity index (χ1v) is 8.96. The molecule has 0 aliphatic rings. The zero-order valence-corrected chi connectivity index (χ0v) is 16.4. The summed E-state index contributed by atoms with van der Waals surface area (Å²) in [6, 6.07) is 11.8. The van der Waals surface area contributed by atoms with Crippen molar-refractivity contribution in [2.24, 2.45) is 0 Å². The molecule has 3 rings (SSSR count). The maximum atomic E-state index is 12.2. The third-order valence-electron chi connectivity index (χ3n) is 4.85. The molecule has 2 aromatic heterocycles. The third-order valence-corrected chi connectivity index (χ3v) is 4.85. The number of pyridine rings is 1. The summed E-state index contributed by atoms with van der Waals surface area (Å²) in [6.45, 7) is 3.79. The fraction of sp³-hybridized carbons (Fsp3) is 0.333. The number of rotatable bonds is 6. The van der Waals surface area contributed by atoms with Crippen molar-refractivity contribution in [2.75, 3.05) is 14.2 Å². The molecule has 0 amide bonds. The molecule has 3 aromatic rings. The van der Waals surface area contributed by atoms with Gasteiger partial charge < -0.3 is 14.5 Å². The van der Waals surface area contributed by atoms with E-state index < -0.39 is 5.41 Å². The SMILES string of the molecule is CCc1cc2ccc(C(C)(C#N)Cc3cc(OC)nc(OC)n3)cc2[nH]c1=O. The van der Waals surface area contributed by atoms with E-state index in [4.69, 9.17) is 9.47 Å². The van der Waals surface area contributed by atoms with Crippen LogP contribution in [0.4, 0.5) is 0 Å². The van der Waals surface area contributed by atoms with Gasteiger partial charge in [-0.3, -0.25) is 4.79 Å². The van der Waals surface area contributed by atoms with E-state index in [1.54, 1.807) is 6.07 Å². The summed E-state index contributed by atoms with van der Waals surface area (Å²) in [5.41, 5.74) is 1.90. The number of nitrogens with one attached hydrogen (secondary N) is 1. The number of aryl methyl sites for hydroxylation is 1. The normalized spacial score (nSPS) is 13.0. The van der Waals surface area contributed by atoms with Crippen molar-refractivity contribution in [3.63, 3.8) is 0 Å². The minimum absolute atomic E-state index is 0.101. The molecular formula is C21H22N4O3. The monoisotopic (exact) mass is 378 g/mol. The van der Waals surface area contributed by atoms with Gasteiger partial charge >= 0.3 is 6.01 Å². The number of hydrogen-bond acceptors (Lipinski definition) is 6. The van der Waals surface area contributed by atoms with Crippen LogP contribution in [-0.4, -0.2) is 29.2 Å². The number of ether oxygens (including phenoxy) is 2. The molecule has 0 fully saturated rings. The second-order valence-corrected chi connectivity index (χ2v) is 6.79. The van der Waals surface area contributed by atoms with Crippen molar-refractivity contribution in [3.8, 4) is 18.0 Å². The highest BCUT2D eigenvalue weighted by Crippen LogP contribution is 2.30. The van der Waals surface area contributed by atoms with Gasteiger partial charge in [-0.15, -0.1) is 0 Å². The van der Waals surface area contributed by atoms with Crippen LogP contribution >= 0.6 is 0 Å². The molecule has 1 N–H and O–H groups in total. The number of nitrogens with zero attached hydrogens (tertiary/aromatic N) is 3. The number of aromatic nitrogens is 3. The van der Waals surface area contributed by atoms with Gasteiger partial charge in [-0.1, -0.05) is 19.1 Å². The Morgan fingerprint density at radius 1 is 1.18 bits per heavy atom. The average Bonchev–Trinajstić information content (AvgIpc) is 2.72. The fourth-order valence-corrected chi connectivity index (χ4v) is 3.16. The second kappa shape index (κ2) is 7.69. The van der Waals surface area contributed by atoms with Gasteiger partial charge in [0.1, 0.15) is 0 Å². The lowest BCUT2D eigenvalue weighted by Gasteiger charge is -2.22. The zero-order valence-electron chi connectivity index (χ0n) is 16.4. The lowest BCUT2D eigenvalue weighted by molar-refractivity contribution is 0.349. The van der Waals surface area contributed by atoms with E-state index in [1.807, 2.05) is 38.1 Å². The van der Waals surface area contributed by atoms with E-state index in [1.165, 1.54) is 14.2 Å². The fourth-order valence-electron chi connectivity index (χ4n) is 3.16. The standard InChI is InChI=1S/C21H22N4O3/c1-5-13-8-14-6-7-15(9-17(14)24-19(13)26)21(2,12-22)11-16-10-18(27-3)25-20(23-16)28-4/h6-10H,5,11H2,1-4H3,(H,24,26). The van der Waals surface area contributed by atoms with Crippen LogP contribution in [0.2, 0.25) is 0 Å². The largest absolute Gasteiger partial charge is 0.481 e. The van der Waals surface area contributed by atoms with Gasteiger partial charge in [-0.25, -0.2) is 0 Å². The molecule has 0 spiro atoms.